The SMILES string of the molecule is COc1ccc(C(=O)[C@@H]2[C@@H](c3ccco3)C3(C(=O)c4ccccc4C3=O)[C@@H]3c4ccccc4C=NN23)cc1. The fraction of sp³-hybridized carbons (Fsp3) is 0.161. The molecule has 3 atom stereocenters. The molecule has 2 aliphatic heterocycles. The molecule has 1 aliphatic carbocycles. The minimum Gasteiger partial charge on any atom is -0.497 e. The van der Waals surface area contributed by atoms with Crippen molar-refractivity contribution < 1.29 is 23.5 Å². The molecule has 0 N–H and O–H groups in total. The lowest BCUT2D eigenvalue weighted by atomic mass is 9.64. The Morgan fingerprint density at radius 2 is 1.58 bits per heavy atom. The lowest BCUT2D eigenvalue weighted by Crippen LogP contribution is -2.43. The highest BCUT2D eigenvalue weighted by Crippen LogP contribution is 2.64. The van der Waals surface area contributed by atoms with Crippen molar-refractivity contribution in [1.29, 1.82) is 0 Å². The molecule has 3 aromatic carbocycles. The average Bonchev–Trinajstić information content (AvgIpc) is 3.66. The molecule has 0 bridgehead atoms. The van der Waals surface area contributed by atoms with E-state index in [1.807, 2.05) is 24.3 Å². The number of fused-ring (bicyclic) bond motifs is 5. The van der Waals surface area contributed by atoms with Gasteiger partial charge in [0.2, 0.25) is 0 Å². The highest BCUT2D eigenvalue weighted by Gasteiger charge is 2.73. The number of carbonyl (C=O) groups is 3. The Balaban J connectivity index is 1.51. The minimum absolute atomic E-state index is 0.260. The topological polar surface area (TPSA) is 89.2 Å². The predicted octanol–water partition coefficient (Wildman–Crippen LogP) is 5.09. The summed E-state index contributed by atoms with van der Waals surface area (Å²) < 4.78 is 11.2. The molecule has 1 spiro atoms. The second-order valence-electron chi connectivity index (χ2n) is 9.76. The number of carbonyl (C=O) groups excluding carboxylic acids is 3. The summed E-state index contributed by atoms with van der Waals surface area (Å²) in [6.07, 6.45) is 3.19. The zero-order valence-corrected chi connectivity index (χ0v) is 20.4. The van der Waals surface area contributed by atoms with Gasteiger partial charge in [0.1, 0.15) is 23.0 Å². The molecule has 3 heterocycles. The predicted molar refractivity (Wildman–Crippen MR) is 139 cm³/mol. The molecule has 0 radical (unpaired) electrons. The Morgan fingerprint density at radius 3 is 2.24 bits per heavy atom. The smallest absolute Gasteiger partial charge is 0.187 e. The van der Waals surface area contributed by atoms with Crippen molar-refractivity contribution in [3.05, 3.63) is 125 Å². The Bertz CT molecular complexity index is 1600. The number of ether oxygens (including phenoxy) is 1. The summed E-state index contributed by atoms with van der Waals surface area (Å²) in [4.78, 5) is 43.4. The van der Waals surface area contributed by atoms with Crippen molar-refractivity contribution in [3.63, 3.8) is 0 Å². The van der Waals surface area contributed by atoms with Crippen LogP contribution in [0.25, 0.3) is 0 Å². The first-order valence-corrected chi connectivity index (χ1v) is 12.4. The standard InChI is InChI=1S/C31H22N2O5/c1-37-20-14-12-18(13-15-20)27(34)26-25(24-11-6-16-38-24)31(29(35)22-9-4-5-10-23(22)30(31)36)28-21-8-3-2-7-19(21)17-32-33(26)28/h2-17,25-26,28H,1H3/t25-,26+,28+/m1/s1. The second-order valence-corrected chi connectivity index (χ2v) is 9.76. The molecular weight excluding hydrogens is 480 g/mol. The molecular formula is C31H22N2O5. The lowest BCUT2D eigenvalue weighted by Gasteiger charge is -2.36. The summed E-state index contributed by atoms with van der Waals surface area (Å²) in [7, 11) is 1.56. The fourth-order valence-electron chi connectivity index (χ4n) is 6.48. The number of ketones is 3. The van der Waals surface area contributed by atoms with Crippen LogP contribution in [0.1, 0.15) is 59.9 Å². The fourth-order valence-corrected chi connectivity index (χ4v) is 6.48. The number of benzene rings is 3. The van der Waals surface area contributed by atoms with E-state index >= 15 is 0 Å². The first-order chi connectivity index (χ1) is 18.6. The van der Waals surface area contributed by atoms with Gasteiger partial charge in [-0.15, -0.1) is 0 Å². The van der Waals surface area contributed by atoms with Gasteiger partial charge in [-0.1, -0.05) is 48.5 Å². The van der Waals surface area contributed by atoms with Gasteiger partial charge in [-0.05, 0) is 47.5 Å². The number of methoxy groups -OCH3 is 1. The highest BCUT2D eigenvalue weighted by atomic mass is 16.5. The molecule has 0 amide bonds. The van der Waals surface area contributed by atoms with Gasteiger partial charge >= 0.3 is 0 Å². The van der Waals surface area contributed by atoms with Crippen molar-refractivity contribution in [1.82, 2.24) is 5.01 Å². The van der Waals surface area contributed by atoms with E-state index in [4.69, 9.17) is 14.3 Å². The van der Waals surface area contributed by atoms with E-state index in [1.54, 1.807) is 79.0 Å². The molecule has 1 saturated heterocycles. The number of hydrazone groups is 1. The number of hydrogen-bond donors (Lipinski definition) is 0. The largest absolute Gasteiger partial charge is 0.497 e. The van der Waals surface area contributed by atoms with Crippen LogP contribution < -0.4 is 4.74 Å². The maximum Gasteiger partial charge on any atom is 0.187 e. The quantitative estimate of drug-likeness (QED) is 0.285. The molecule has 7 nitrogen and oxygen atoms in total. The van der Waals surface area contributed by atoms with E-state index in [-0.39, 0.29) is 17.3 Å². The van der Waals surface area contributed by atoms with Crippen LogP contribution >= 0.6 is 0 Å². The Hall–Kier alpha value is -4.78. The maximum absolute atomic E-state index is 14.5. The molecule has 1 aromatic heterocycles. The third kappa shape index (κ3) is 2.78. The monoisotopic (exact) mass is 502 g/mol. The number of nitrogens with zero attached hydrogens (tertiary/aromatic N) is 2. The minimum atomic E-state index is -1.64. The molecule has 7 heteroatoms. The Morgan fingerprint density at radius 1 is 0.895 bits per heavy atom. The van der Waals surface area contributed by atoms with Crippen LogP contribution in [-0.2, 0) is 0 Å². The van der Waals surface area contributed by atoms with E-state index in [9.17, 15) is 14.4 Å². The maximum atomic E-state index is 14.5. The molecule has 0 saturated carbocycles. The molecule has 186 valence electrons. The van der Waals surface area contributed by atoms with Crippen molar-refractivity contribution in [2.45, 2.75) is 18.0 Å². The third-order valence-corrected chi connectivity index (χ3v) is 8.07. The van der Waals surface area contributed by atoms with Gasteiger partial charge in [0.05, 0.1) is 31.5 Å². The van der Waals surface area contributed by atoms with E-state index < -0.39 is 23.4 Å². The summed E-state index contributed by atoms with van der Waals surface area (Å²) >= 11 is 0. The van der Waals surface area contributed by atoms with Crippen LogP contribution in [-0.4, -0.2) is 41.7 Å². The van der Waals surface area contributed by atoms with E-state index in [0.717, 1.165) is 11.1 Å². The Labute approximate surface area is 218 Å². The molecule has 38 heavy (non-hydrogen) atoms. The average molecular weight is 503 g/mol. The third-order valence-electron chi connectivity index (χ3n) is 8.07. The van der Waals surface area contributed by atoms with Gasteiger partial charge in [0.15, 0.2) is 17.3 Å². The van der Waals surface area contributed by atoms with E-state index in [0.29, 0.717) is 28.2 Å². The zero-order chi connectivity index (χ0) is 26.0. The van der Waals surface area contributed by atoms with E-state index in [2.05, 4.69) is 0 Å². The van der Waals surface area contributed by atoms with Crippen molar-refractivity contribution in [2.24, 2.45) is 10.5 Å². The number of furan rings is 1. The van der Waals surface area contributed by atoms with Gasteiger partial charge < -0.3 is 9.15 Å². The zero-order valence-electron chi connectivity index (χ0n) is 20.4. The van der Waals surface area contributed by atoms with Crippen LogP contribution in [0.15, 0.2) is 101 Å². The summed E-state index contributed by atoms with van der Waals surface area (Å²) in [5.74, 6) is -0.783. The summed E-state index contributed by atoms with van der Waals surface area (Å²) in [5.41, 5.74) is 1.09. The number of hydrogen-bond acceptors (Lipinski definition) is 7. The van der Waals surface area contributed by atoms with Gasteiger partial charge in [0, 0.05) is 16.7 Å². The van der Waals surface area contributed by atoms with Gasteiger partial charge in [-0.3, -0.25) is 19.4 Å². The van der Waals surface area contributed by atoms with Crippen molar-refractivity contribution in [2.75, 3.05) is 7.11 Å². The van der Waals surface area contributed by atoms with Gasteiger partial charge in [-0.25, -0.2) is 0 Å². The first-order valence-electron chi connectivity index (χ1n) is 12.4. The van der Waals surface area contributed by atoms with Crippen LogP contribution in [0.4, 0.5) is 0 Å². The number of rotatable bonds is 4. The van der Waals surface area contributed by atoms with Gasteiger partial charge in [-0.2, -0.15) is 5.10 Å². The van der Waals surface area contributed by atoms with Crippen LogP contribution in [0.2, 0.25) is 0 Å². The molecule has 0 unspecified atom stereocenters. The first kappa shape index (κ1) is 22.4. The van der Waals surface area contributed by atoms with E-state index in [1.165, 1.54) is 6.26 Å². The molecule has 7 rings (SSSR count). The normalized spacial score (nSPS) is 22.3. The molecule has 1 fully saturated rings. The molecule has 4 aromatic rings. The lowest BCUT2D eigenvalue weighted by molar-refractivity contribution is 0.0579. The molecule has 3 aliphatic rings. The van der Waals surface area contributed by atoms with Crippen molar-refractivity contribution >= 4 is 23.6 Å². The van der Waals surface area contributed by atoms with Crippen LogP contribution in [0.3, 0.4) is 0 Å². The Kier molecular flexibility index (Phi) is 4.79. The van der Waals surface area contributed by atoms with Crippen LogP contribution in [0, 0.1) is 5.41 Å². The summed E-state index contributed by atoms with van der Waals surface area (Å²) in [5, 5.41) is 6.38. The summed E-state index contributed by atoms with van der Waals surface area (Å²) in [6.45, 7) is 0. The van der Waals surface area contributed by atoms with Gasteiger partial charge in [0.25, 0.3) is 0 Å². The second kappa shape index (κ2) is 8.11. The summed E-state index contributed by atoms with van der Waals surface area (Å²) in [6, 6.07) is 23.0. The number of Topliss-reactive ketones (excluding diaryl/α,β-unsaturated/α-hetero) is 3. The van der Waals surface area contributed by atoms with Crippen LogP contribution in [0.5, 0.6) is 5.75 Å². The van der Waals surface area contributed by atoms with Crippen molar-refractivity contribution in [3.8, 4) is 5.75 Å². The highest BCUT2D eigenvalue weighted by molar-refractivity contribution is 6.31.